The van der Waals surface area contributed by atoms with Crippen LogP contribution in [0.3, 0.4) is 0 Å². The van der Waals surface area contributed by atoms with Crippen LogP contribution in [0.15, 0.2) is 11.8 Å². The van der Waals surface area contributed by atoms with Gasteiger partial charge in [0.25, 0.3) is 0 Å². The summed E-state index contributed by atoms with van der Waals surface area (Å²) in [6.45, 7) is 5.36. The molecule has 17 heavy (non-hydrogen) atoms. The largest absolute Gasteiger partial charge is 0.496 e. The van der Waals surface area contributed by atoms with Gasteiger partial charge in [0.05, 0.1) is 18.2 Å². The third kappa shape index (κ3) is 2.64. The zero-order chi connectivity index (χ0) is 12.1. The first-order valence-electron chi connectivity index (χ1n) is 6.51. The van der Waals surface area contributed by atoms with Crippen molar-refractivity contribution in [2.75, 3.05) is 33.5 Å². The highest BCUT2D eigenvalue weighted by atomic mass is 16.5. The van der Waals surface area contributed by atoms with Crippen molar-refractivity contribution in [1.29, 1.82) is 0 Å². The Morgan fingerprint density at radius 1 is 1.41 bits per heavy atom. The minimum Gasteiger partial charge on any atom is -0.496 e. The summed E-state index contributed by atoms with van der Waals surface area (Å²) in [4.78, 5) is 0. The van der Waals surface area contributed by atoms with E-state index in [0.29, 0.717) is 0 Å². The van der Waals surface area contributed by atoms with Crippen LogP contribution in [0.4, 0.5) is 0 Å². The molecule has 0 bridgehead atoms. The first kappa shape index (κ1) is 12.9. The molecule has 0 aromatic heterocycles. The zero-order valence-corrected chi connectivity index (χ0v) is 10.8. The average Bonchev–Trinajstić information content (AvgIpc) is 2.90. The van der Waals surface area contributed by atoms with Gasteiger partial charge in [0.2, 0.25) is 0 Å². The second kappa shape index (κ2) is 5.85. The maximum Gasteiger partial charge on any atom is 0.112 e. The van der Waals surface area contributed by atoms with Gasteiger partial charge in [-0.3, -0.25) is 0 Å². The van der Waals surface area contributed by atoms with E-state index in [4.69, 9.17) is 14.2 Å². The van der Waals surface area contributed by atoms with Crippen molar-refractivity contribution in [1.82, 2.24) is 5.32 Å². The van der Waals surface area contributed by atoms with Gasteiger partial charge in [-0.25, -0.2) is 0 Å². The van der Waals surface area contributed by atoms with Gasteiger partial charge in [0.15, 0.2) is 0 Å². The van der Waals surface area contributed by atoms with Crippen molar-refractivity contribution >= 4 is 0 Å². The molecule has 2 aliphatic rings. The lowest BCUT2D eigenvalue weighted by atomic mass is 9.84. The Kier molecular flexibility index (Phi) is 4.42. The average molecular weight is 241 g/mol. The Labute approximate surface area is 103 Å². The summed E-state index contributed by atoms with van der Waals surface area (Å²) in [5, 5.41) is 3.51. The summed E-state index contributed by atoms with van der Waals surface area (Å²) in [6.07, 6.45) is 5.03. The first-order valence-corrected chi connectivity index (χ1v) is 6.51. The molecule has 1 atom stereocenters. The van der Waals surface area contributed by atoms with Crippen LogP contribution in [0.25, 0.3) is 0 Å². The topological polar surface area (TPSA) is 39.7 Å². The smallest absolute Gasteiger partial charge is 0.112 e. The van der Waals surface area contributed by atoms with E-state index in [2.05, 4.69) is 18.3 Å². The molecule has 0 radical (unpaired) electrons. The Morgan fingerprint density at radius 3 is 2.71 bits per heavy atom. The van der Waals surface area contributed by atoms with Gasteiger partial charge in [-0.15, -0.1) is 0 Å². The van der Waals surface area contributed by atoms with Crippen LogP contribution in [-0.2, 0) is 14.2 Å². The van der Waals surface area contributed by atoms with Gasteiger partial charge in [-0.1, -0.05) is 6.92 Å². The molecule has 0 aliphatic carbocycles. The van der Waals surface area contributed by atoms with E-state index >= 15 is 0 Å². The highest BCUT2D eigenvalue weighted by Crippen LogP contribution is 2.33. The fraction of sp³-hybridized carbons (Fsp3) is 0.846. The molecule has 98 valence electrons. The number of methoxy groups -OCH3 is 1. The first-order chi connectivity index (χ1) is 8.32. The number of likely N-dealkylation sites (N-methyl/N-ethyl adjacent to an activating group) is 1. The highest BCUT2D eigenvalue weighted by Gasteiger charge is 2.43. The third-order valence-corrected chi connectivity index (χ3v) is 3.70. The molecule has 2 aliphatic heterocycles. The SMILES string of the molecule is CCNC(C1=CCCO1)C1(OC)CCOCC1. The van der Waals surface area contributed by atoms with E-state index in [1.807, 2.05) is 0 Å². The molecular formula is C13H23NO3. The maximum atomic E-state index is 5.84. The van der Waals surface area contributed by atoms with Crippen LogP contribution in [0, 0.1) is 0 Å². The molecule has 2 heterocycles. The van der Waals surface area contributed by atoms with E-state index in [-0.39, 0.29) is 11.6 Å². The summed E-state index contributed by atoms with van der Waals surface area (Å²) < 4.78 is 17.0. The number of hydrogen-bond donors (Lipinski definition) is 1. The van der Waals surface area contributed by atoms with Crippen molar-refractivity contribution in [3.63, 3.8) is 0 Å². The van der Waals surface area contributed by atoms with Gasteiger partial charge in [0.1, 0.15) is 5.76 Å². The number of nitrogens with one attached hydrogen (secondary N) is 1. The van der Waals surface area contributed by atoms with Gasteiger partial charge in [-0.2, -0.15) is 0 Å². The van der Waals surface area contributed by atoms with E-state index in [9.17, 15) is 0 Å². The monoisotopic (exact) mass is 241 g/mol. The molecule has 0 aromatic rings. The van der Waals surface area contributed by atoms with Crippen LogP contribution < -0.4 is 5.32 Å². The molecule has 1 fully saturated rings. The minimum atomic E-state index is -0.176. The molecular weight excluding hydrogens is 218 g/mol. The van der Waals surface area contributed by atoms with Crippen molar-refractivity contribution in [3.8, 4) is 0 Å². The normalized spacial score (nSPS) is 25.2. The summed E-state index contributed by atoms with van der Waals surface area (Å²) in [5.41, 5.74) is -0.176. The lowest BCUT2D eigenvalue weighted by molar-refractivity contribution is -0.110. The molecule has 1 N–H and O–H groups in total. The fourth-order valence-corrected chi connectivity index (χ4v) is 2.72. The number of rotatable bonds is 5. The van der Waals surface area contributed by atoms with Crippen LogP contribution >= 0.6 is 0 Å². The molecule has 0 spiro atoms. The van der Waals surface area contributed by atoms with Gasteiger partial charge in [-0.05, 0) is 12.6 Å². The van der Waals surface area contributed by atoms with Crippen molar-refractivity contribution < 1.29 is 14.2 Å². The zero-order valence-electron chi connectivity index (χ0n) is 10.8. The molecule has 1 saturated heterocycles. The molecule has 1 unspecified atom stereocenters. The lowest BCUT2D eigenvalue weighted by Gasteiger charge is -2.42. The highest BCUT2D eigenvalue weighted by molar-refractivity contribution is 5.15. The summed E-state index contributed by atoms with van der Waals surface area (Å²) in [7, 11) is 1.80. The van der Waals surface area contributed by atoms with E-state index in [1.165, 1.54) is 0 Å². The fourth-order valence-electron chi connectivity index (χ4n) is 2.72. The Bertz CT molecular complexity index is 272. The van der Waals surface area contributed by atoms with E-state index in [0.717, 1.165) is 51.4 Å². The predicted molar refractivity (Wildman–Crippen MR) is 65.9 cm³/mol. The van der Waals surface area contributed by atoms with E-state index < -0.39 is 0 Å². The van der Waals surface area contributed by atoms with Crippen LogP contribution in [-0.4, -0.2) is 45.1 Å². The van der Waals surface area contributed by atoms with Gasteiger partial charge >= 0.3 is 0 Å². The molecule has 0 amide bonds. The van der Waals surface area contributed by atoms with Gasteiger partial charge < -0.3 is 19.5 Å². The minimum absolute atomic E-state index is 0.156. The van der Waals surface area contributed by atoms with Crippen LogP contribution in [0.2, 0.25) is 0 Å². The Hall–Kier alpha value is -0.580. The second-order valence-corrected chi connectivity index (χ2v) is 4.62. The summed E-state index contributed by atoms with van der Waals surface area (Å²) in [6, 6.07) is 0.156. The quantitative estimate of drug-likeness (QED) is 0.791. The van der Waals surface area contributed by atoms with E-state index in [1.54, 1.807) is 7.11 Å². The lowest BCUT2D eigenvalue weighted by Crippen LogP contribution is -2.56. The van der Waals surface area contributed by atoms with Gasteiger partial charge in [0, 0.05) is 39.6 Å². The number of ether oxygens (including phenoxy) is 3. The maximum absolute atomic E-state index is 5.84. The van der Waals surface area contributed by atoms with Crippen molar-refractivity contribution in [3.05, 3.63) is 11.8 Å². The molecule has 0 aromatic carbocycles. The number of hydrogen-bond acceptors (Lipinski definition) is 4. The Balaban J connectivity index is 2.16. The molecule has 4 nitrogen and oxygen atoms in total. The summed E-state index contributed by atoms with van der Waals surface area (Å²) >= 11 is 0. The molecule has 4 heteroatoms. The van der Waals surface area contributed by atoms with Crippen molar-refractivity contribution in [2.45, 2.75) is 37.8 Å². The second-order valence-electron chi connectivity index (χ2n) is 4.62. The third-order valence-electron chi connectivity index (χ3n) is 3.70. The summed E-state index contributed by atoms with van der Waals surface area (Å²) in [5.74, 6) is 1.05. The van der Waals surface area contributed by atoms with Crippen molar-refractivity contribution in [2.24, 2.45) is 0 Å². The van der Waals surface area contributed by atoms with Crippen LogP contribution in [0.1, 0.15) is 26.2 Å². The van der Waals surface area contributed by atoms with Crippen LogP contribution in [0.5, 0.6) is 0 Å². The molecule has 2 rings (SSSR count). The Morgan fingerprint density at radius 2 is 2.18 bits per heavy atom. The molecule has 0 saturated carbocycles. The predicted octanol–water partition coefficient (Wildman–Crippen LogP) is 1.46. The standard InChI is InChI=1S/C13H23NO3/c1-3-14-12(11-5-4-8-17-11)13(15-2)6-9-16-10-7-13/h5,12,14H,3-4,6-10H2,1-2H3.